The van der Waals surface area contributed by atoms with Crippen molar-refractivity contribution >= 4 is 27.5 Å². The maximum absolute atomic E-state index is 14.2. The Bertz CT molecular complexity index is 1420. The molecule has 0 aliphatic heterocycles. The second kappa shape index (κ2) is 15.3. The molecule has 0 heterocycles. The minimum absolute atomic E-state index is 0.0139. The minimum atomic E-state index is -4.23. The number of amides is 2. The number of anilines is 1. The van der Waals surface area contributed by atoms with Crippen LogP contribution in [0.2, 0.25) is 0 Å². The van der Waals surface area contributed by atoms with E-state index in [-0.39, 0.29) is 34.8 Å². The normalized spacial score (nSPS) is 12.6. The van der Waals surface area contributed by atoms with Gasteiger partial charge in [-0.3, -0.25) is 13.9 Å². The van der Waals surface area contributed by atoms with Gasteiger partial charge in [0.15, 0.2) is 0 Å². The summed E-state index contributed by atoms with van der Waals surface area (Å²) in [7, 11) is -1.33. The molecule has 3 aromatic rings. The molecule has 0 aliphatic carbocycles. The standard InChI is InChI=1S/C32H41N3O6S/c1-6-24(3)33-32(37)28(7-2)34(21-20-25-14-10-8-11-15-25)31(36)23-35(42(38,39)27-16-12-9-13-17-27)29-22-26(40-4)18-19-30(29)41-5/h8-19,22,24,28H,6-7,20-21,23H2,1-5H3,(H,33,37)/t24-,28+/m1/s1. The van der Waals surface area contributed by atoms with Gasteiger partial charge in [0.1, 0.15) is 24.1 Å². The Hall–Kier alpha value is -4.05. The first-order valence-electron chi connectivity index (χ1n) is 14.1. The van der Waals surface area contributed by atoms with Gasteiger partial charge in [0.2, 0.25) is 11.8 Å². The predicted molar refractivity (Wildman–Crippen MR) is 164 cm³/mol. The van der Waals surface area contributed by atoms with Gasteiger partial charge in [-0.2, -0.15) is 0 Å². The average molecular weight is 596 g/mol. The molecule has 226 valence electrons. The van der Waals surface area contributed by atoms with Gasteiger partial charge in [0.05, 0.1) is 24.8 Å². The smallest absolute Gasteiger partial charge is 0.264 e. The van der Waals surface area contributed by atoms with Crippen molar-refractivity contribution in [3.8, 4) is 11.5 Å². The van der Waals surface area contributed by atoms with E-state index in [0.29, 0.717) is 18.6 Å². The van der Waals surface area contributed by atoms with E-state index >= 15 is 0 Å². The Morgan fingerprint density at radius 3 is 2.10 bits per heavy atom. The monoisotopic (exact) mass is 595 g/mol. The molecular weight excluding hydrogens is 554 g/mol. The number of methoxy groups -OCH3 is 2. The van der Waals surface area contributed by atoms with E-state index in [9.17, 15) is 18.0 Å². The molecule has 0 spiro atoms. The van der Waals surface area contributed by atoms with Crippen molar-refractivity contribution in [2.75, 3.05) is 31.6 Å². The third-order valence-corrected chi connectivity index (χ3v) is 8.91. The molecule has 42 heavy (non-hydrogen) atoms. The lowest BCUT2D eigenvalue weighted by Gasteiger charge is -2.34. The zero-order chi connectivity index (χ0) is 30.7. The fraction of sp³-hybridized carbons (Fsp3) is 0.375. The zero-order valence-corrected chi connectivity index (χ0v) is 25.8. The molecule has 0 aliphatic rings. The number of carbonyl (C=O) groups is 2. The van der Waals surface area contributed by atoms with Crippen molar-refractivity contribution < 1.29 is 27.5 Å². The molecule has 3 rings (SSSR count). The maximum atomic E-state index is 14.2. The molecule has 2 amide bonds. The maximum Gasteiger partial charge on any atom is 0.264 e. The Kier molecular flexibility index (Phi) is 11.8. The second-order valence-corrected chi connectivity index (χ2v) is 11.8. The van der Waals surface area contributed by atoms with Crippen LogP contribution in [0, 0.1) is 0 Å². The Labute approximate surface area is 249 Å². The molecule has 9 nitrogen and oxygen atoms in total. The van der Waals surface area contributed by atoms with Crippen LogP contribution in [0.3, 0.4) is 0 Å². The van der Waals surface area contributed by atoms with E-state index in [1.165, 1.54) is 37.3 Å². The number of hydrogen-bond donors (Lipinski definition) is 1. The highest BCUT2D eigenvalue weighted by atomic mass is 32.2. The van der Waals surface area contributed by atoms with E-state index in [4.69, 9.17) is 9.47 Å². The lowest BCUT2D eigenvalue weighted by atomic mass is 10.1. The highest BCUT2D eigenvalue weighted by molar-refractivity contribution is 7.92. The number of ether oxygens (including phenoxy) is 2. The molecule has 1 N–H and O–H groups in total. The number of rotatable bonds is 15. The van der Waals surface area contributed by atoms with Crippen LogP contribution in [-0.2, 0) is 26.0 Å². The molecule has 0 aromatic heterocycles. The summed E-state index contributed by atoms with van der Waals surface area (Å²) in [6.07, 6.45) is 1.59. The summed E-state index contributed by atoms with van der Waals surface area (Å²) < 4.78 is 40.1. The van der Waals surface area contributed by atoms with Crippen molar-refractivity contribution in [2.45, 2.75) is 57.0 Å². The first-order chi connectivity index (χ1) is 20.2. The second-order valence-electron chi connectivity index (χ2n) is 9.93. The van der Waals surface area contributed by atoms with E-state index in [0.717, 1.165) is 16.3 Å². The highest BCUT2D eigenvalue weighted by Crippen LogP contribution is 2.36. The van der Waals surface area contributed by atoms with Gasteiger partial charge in [0, 0.05) is 18.7 Å². The fourth-order valence-electron chi connectivity index (χ4n) is 4.56. The summed E-state index contributed by atoms with van der Waals surface area (Å²) in [5.41, 5.74) is 1.14. The van der Waals surface area contributed by atoms with Crippen molar-refractivity contribution in [2.24, 2.45) is 0 Å². The van der Waals surface area contributed by atoms with Crippen molar-refractivity contribution in [3.63, 3.8) is 0 Å². The zero-order valence-electron chi connectivity index (χ0n) is 24.9. The molecule has 0 unspecified atom stereocenters. The SMILES string of the molecule is CC[C@@H](C)NC(=O)[C@H](CC)N(CCc1ccccc1)C(=O)CN(c1cc(OC)ccc1OC)S(=O)(=O)c1ccccc1. The van der Waals surface area contributed by atoms with Crippen LogP contribution in [0.4, 0.5) is 5.69 Å². The number of nitrogens with zero attached hydrogens (tertiary/aromatic N) is 2. The number of benzene rings is 3. The van der Waals surface area contributed by atoms with Crippen LogP contribution in [0.1, 0.15) is 39.2 Å². The van der Waals surface area contributed by atoms with Crippen molar-refractivity contribution in [3.05, 3.63) is 84.4 Å². The highest BCUT2D eigenvalue weighted by Gasteiger charge is 2.35. The minimum Gasteiger partial charge on any atom is -0.497 e. The summed E-state index contributed by atoms with van der Waals surface area (Å²) in [6, 6.07) is 21.4. The molecule has 0 saturated heterocycles. The van der Waals surface area contributed by atoms with Crippen LogP contribution in [0.25, 0.3) is 0 Å². The summed E-state index contributed by atoms with van der Waals surface area (Å²) >= 11 is 0. The number of nitrogens with one attached hydrogen (secondary N) is 1. The molecule has 0 fully saturated rings. The predicted octanol–water partition coefficient (Wildman–Crippen LogP) is 4.66. The number of carbonyl (C=O) groups excluding carboxylic acids is 2. The molecule has 0 saturated carbocycles. The fourth-order valence-corrected chi connectivity index (χ4v) is 6.00. The summed E-state index contributed by atoms with van der Waals surface area (Å²) in [4.78, 5) is 29.1. The van der Waals surface area contributed by atoms with Gasteiger partial charge in [0.25, 0.3) is 10.0 Å². The van der Waals surface area contributed by atoms with E-state index < -0.39 is 28.5 Å². The molecule has 10 heteroatoms. The van der Waals surface area contributed by atoms with Gasteiger partial charge in [-0.1, -0.05) is 62.4 Å². The van der Waals surface area contributed by atoms with Crippen LogP contribution in [0.15, 0.2) is 83.8 Å². The molecule has 3 aromatic carbocycles. The van der Waals surface area contributed by atoms with Gasteiger partial charge < -0.3 is 19.7 Å². The van der Waals surface area contributed by atoms with Gasteiger partial charge in [-0.15, -0.1) is 0 Å². The molecular formula is C32H41N3O6S. The summed E-state index contributed by atoms with van der Waals surface area (Å²) in [6.45, 7) is 5.39. The third kappa shape index (κ3) is 8.03. The molecule has 0 bridgehead atoms. The van der Waals surface area contributed by atoms with Gasteiger partial charge in [-0.25, -0.2) is 8.42 Å². The lowest BCUT2D eigenvalue weighted by molar-refractivity contribution is -0.139. The number of sulfonamides is 1. The number of hydrogen-bond acceptors (Lipinski definition) is 6. The van der Waals surface area contributed by atoms with Crippen molar-refractivity contribution in [1.29, 1.82) is 0 Å². The van der Waals surface area contributed by atoms with Crippen LogP contribution in [-0.4, -0.2) is 64.5 Å². The quantitative estimate of drug-likeness (QED) is 0.274. The van der Waals surface area contributed by atoms with E-state index in [1.54, 1.807) is 30.3 Å². The van der Waals surface area contributed by atoms with E-state index in [1.807, 2.05) is 51.1 Å². The molecule has 2 atom stereocenters. The Morgan fingerprint density at radius 2 is 1.52 bits per heavy atom. The van der Waals surface area contributed by atoms with Crippen molar-refractivity contribution in [1.82, 2.24) is 10.2 Å². The van der Waals surface area contributed by atoms with Gasteiger partial charge >= 0.3 is 0 Å². The van der Waals surface area contributed by atoms with Crippen LogP contribution >= 0.6 is 0 Å². The van der Waals surface area contributed by atoms with Crippen LogP contribution in [0.5, 0.6) is 11.5 Å². The first-order valence-corrected chi connectivity index (χ1v) is 15.5. The van der Waals surface area contributed by atoms with Gasteiger partial charge in [-0.05, 0) is 56.0 Å². The largest absolute Gasteiger partial charge is 0.497 e. The Balaban J connectivity index is 2.08. The molecule has 0 radical (unpaired) electrons. The average Bonchev–Trinajstić information content (AvgIpc) is 3.02. The van der Waals surface area contributed by atoms with Crippen LogP contribution < -0.4 is 19.1 Å². The summed E-state index contributed by atoms with van der Waals surface area (Å²) in [5, 5.41) is 2.99. The first kappa shape index (κ1) is 32.5. The topological polar surface area (TPSA) is 105 Å². The third-order valence-electron chi connectivity index (χ3n) is 7.14. The summed E-state index contributed by atoms with van der Waals surface area (Å²) in [5.74, 6) is -0.140. The van der Waals surface area contributed by atoms with E-state index in [2.05, 4.69) is 5.32 Å². The Morgan fingerprint density at radius 1 is 0.881 bits per heavy atom. The lowest BCUT2D eigenvalue weighted by Crippen LogP contribution is -2.54.